The van der Waals surface area contributed by atoms with E-state index in [0.717, 1.165) is 41.5 Å². The molecular formula is C13H18IN3O3. The Hall–Kier alpha value is -0.640. The van der Waals surface area contributed by atoms with Gasteiger partial charge in [-0.25, -0.2) is 4.98 Å². The van der Waals surface area contributed by atoms with E-state index in [9.17, 15) is 5.11 Å². The highest BCUT2D eigenvalue weighted by Crippen LogP contribution is 2.22. The summed E-state index contributed by atoms with van der Waals surface area (Å²) in [5.74, 6) is 1.75. The lowest BCUT2D eigenvalue weighted by molar-refractivity contribution is -0.168. The molecule has 0 saturated carbocycles. The van der Waals surface area contributed by atoms with Gasteiger partial charge in [-0.2, -0.15) is 0 Å². The Morgan fingerprint density at radius 2 is 2.05 bits per heavy atom. The van der Waals surface area contributed by atoms with E-state index in [1.165, 1.54) is 0 Å². The molecule has 0 aliphatic carbocycles. The normalized spacial score (nSPS) is 21.4. The van der Waals surface area contributed by atoms with Crippen molar-refractivity contribution in [2.45, 2.75) is 5.60 Å². The Balaban J connectivity index is 1.69. The quantitative estimate of drug-likeness (QED) is 0.737. The van der Waals surface area contributed by atoms with Gasteiger partial charge in [0.25, 0.3) is 0 Å². The largest absolute Gasteiger partial charge is 0.383 e. The van der Waals surface area contributed by atoms with Gasteiger partial charge in [-0.3, -0.25) is 0 Å². The van der Waals surface area contributed by atoms with Crippen LogP contribution >= 0.6 is 22.6 Å². The number of rotatable bonds is 4. The molecule has 0 aromatic carbocycles. The van der Waals surface area contributed by atoms with Crippen molar-refractivity contribution in [1.82, 2.24) is 4.98 Å². The fraction of sp³-hybridized carbons (Fsp3) is 0.615. The number of aromatic nitrogens is 1. The number of nitrogens with one attached hydrogen (secondary N) is 1. The van der Waals surface area contributed by atoms with E-state index in [2.05, 4.69) is 43.9 Å². The number of anilines is 2. The van der Waals surface area contributed by atoms with E-state index in [1.807, 2.05) is 6.07 Å². The molecule has 0 spiro atoms. The number of nitrogens with zero attached hydrogens (tertiary/aromatic N) is 2. The summed E-state index contributed by atoms with van der Waals surface area (Å²) in [6, 6.07) is 4.05. The smallest absolute Gasteiger partial charge is 0.132 e. The maximum Gasteiger partial charge on any atom is 0.132 e. The molecule has 0 atom stereocenters. The number of hydrogen-bond acceptors (Lipinski definition) is 6. The highest BCUT2D eigenvalue weighted by atomic mass is 127. The summed E-state index contributed by atoms with van der Waals surface area (Å²) >= 11 is 2.29. The van der Waals surface area contributed by atoms with Gasteiger partial charge in [-0.1, -0.05) is 0 Å². The summed E-state index contributed by atoms with van der Waals surface area (Å²) in [4.78, 5) is 6.84. The van der Waals surface area contributed by atoms with Crippen LogP contribution < -0.4 is 10.2 Å². The number of morpholine rings is 1. The topological polar surface area (TPSA) is 66.9 Å². The molecule has 0 bridgehead atoms. The molecule has 2 aliphatic rings. The van der Waals surface area contributed by atoms with Crippen molar-refractivity contribution in [3.05, 3.63) is 15.7 Å². The lowest BCUT2D eigenvalue weighted by atomic mass is 10.0. The molecule has 0 amide bonds. The molecule has 2 saturated heterocycles. The molecule has 2 N–H and O–H groups in total. The lowest BCUT2D eigenvalue weighted by Crippen LogP contribution is -2.54. The van der Waals surface area contributed by atoms with E-state index >= 15 is 0 Å². The second kappa shape index (κ2) is 6.00. The molecule has 1 aromatic rings. The zero-order chi connectivity index (χ0) is 14.0. The van der Waals surface area contributed by atoms with Crippen molar-refractivity contribution in [3.8, 4) is 0 Å². The highest BCUT2D eigenvalue weighted by Gasteiger charge is 2.35. The van der Waals surface area contributed by atoms with Gasteiger partial charge in [0, 0.05) is 23.2 Å². The molecule has 1 aromatic heterocycles. The minimum absolute atomic E-state index is 0.389. The Morgan fingerprint density at radius 3 is 2.70 bits per heavy atom. The minimum atomic E-state index is -0.748. The fourth-order valence-corrected chi connectivity index (χ4v) is 2.80. The summed E-state index contributed by atoms with van der Waals surface area (Å²) in [6.45, 7) is 4.46. The van der Waals surface area contributed by atoms with Crippen LogP contribution in [0.2, 0.25) is 0 Å². The van der Waals surface area contributed by atoms with E-state index in [0.29, 0.717) is 19.8 Å². The molecule has 0 unspecified atom stereocenters. The first kappa shape index (κ1) is 14.3. The minimum Gasteiger partial charge on any atom is -0.383 e. The maximum atomic E-state index is 10.0. The summed E-state index contributed by atoms with van der Waals surface area (Å²) in [6.07, 6.45) is 0. The second-order valence-electron chi connectivity index (χ2n) is 5.20. The molecule has 0 radical (unpaired) electrons. The molecule has 2 aliphatic heterocycles. The van der Waals surface area contributed by atoms with Crippen LogP contribution in [-0.4, -0.2) is 61.8 Å². The van der Waals surface area contributed by atoms with Crippen molar-refractivity contribution < 1.29 is 14.6 Å². The average molecular weight is 391 g/mol. The highest BCUT2D eigenvalue weighted by molar-refractivity contribution is 14.1. The van der Waals surface area contributed by atoms with Crippen molar-refractivity contribution >= 4 is 34.2 Å². The summed E-state index contributed by atoms with van der Waals surface area (Å²) in [5.41, 5.74) is -0.748. The van der Waals surface area contributed by atoms with Crippen LogP contribution in [0.1, 0.15) is 0 Å². The Kier molecular flexibility index (Phi) is 4.29. The van der Waals surface area contributed by atoms with Crippen molar-refractivity contribution in [1.29, 1.82) is 0 Å². The van der Waals surface area contributed by atoms with Crippen LogP contribution in [-0.2, 0) is 9.47 Å². The molecule has 20 heavy (non-hydrogen) atoms. The number of halogens is 1. The van der Waals surface area contributed by atoms with Crippen molar-refractivity contribution in [2.24, 2.45) is 0 Å². The van der Waals surface area contributed by atoms with E-state index < -0.39 is 5.60 Å². The lowest BCUT2D eigenvalue weighted by Gasteiger charge is -2.36. The summed E-state index contributed by atoms with van der Waals surface area (Å²) in [5, 5.41) is 13.2. The molecule has 2 fully saturated rings. The molecule has 3 rings (SSSR count). The molecule has 110 valence electrons. The number of aliphatic hydroxyl groups is 1. The first-order valence-electron chi connectivity index (χ1n) is 6.69. The summed E-state index contributed by atoms with van der Waals surface area (Å²) in [7, 11) is 0. The first-order chi connectivity index (χ1) is 9.65. The van der Waals surface area contributed by atoms with Gasteiger partial charge in [0.15, 0.2) is 0 Å². The zero-order valence-electron chi connectivity index (χ0n) is 11.1. The van der Waals surface area contributed by atoms with Crippen LogP contribution in [0, 0.1) is 3.57 Å². The number of pyridine rings is 1. The molecule has 7 heteroatoms. The predicted octanol–water partition coefficient (Wildman–Crippen LogP) is 0.696. The first-order valence-corrected chi connectivity index (χ1v) is 7.77. The third kappa shape index (κ3) is 3.33. The van der Waals surface area contributed by atoms with Crippen molar-refractivity contribution in [3.63, 3.8) is 0 Å². The number of hydrogen-bond donors (Lipinski definition) is 2. The maximum absolute atomic E-state index is 10.0. The van der Waals surface area contributed by atoms with Crippen LogP contribution in [0.5, 0.6) is 0 Å². The molecular weight excluding hydrogens is 373 g/mol. The zero-order valence-corrected chi connectivity index (χ0v) is 13.3. The van der Waals surface area contributed by atoms with Gasteiger partial charge in [0.05, 0.1) is 26.4 Å². The van der Waals surface area contributed by atoms with Gasteiger partial charge in [0.2, 0.25) is 0 Å². The average Bonchev–Trinajstić information content (AvgIpc) is 2.43. The van der Waals surface area contributed by atoms with E-state index in [4.69, 9.17) is 9.47 Å². The SMILES string of the molecule is OC1(CNc2cc(I)cc(N3CCOCC3)n2)COC1. The fourth-order valence-electron chi connectivity index (χ4n) is 2.22. The Morgan fingerprint density at radius 1 is 1.30 bits per heavy atom. The van der Waals surface area contributed by atoms with E-state index in [1.54, 1.807) is 0 Å². The number of ether oxygens (including phenoxy) is 2. The second-order valence-corrected chi connectivity index (χ2v) is 6.44. The van der Waals surface area contributed by atoms with Crippen LogP contribution in [0.3, 0.4) is 0 Å². The van der Waals surface area contributed by atoms with Crippen LogP contribution in [0.25, 0.3) is 0 Å². The van der Waals surface area contributed by atoms with Gasteiger partial charge < -0.3 is 24.8 Å². The van der Waals surface area contributed by atoms with Crippen molar-refractivity contribution in [2.75, 3.05) is 56.3 Å². The van der Waals surface area contributed by atoms with Gasteiger partial charge in [-0.05, 0) is 34.7 Å². The third-order valence-electron chi connectivity index (χ3n) is 3.45. The Bertz CT molecular complexity index is 476. The van der Waals surface area contributed by atoms with Crippen LogP contribution in [0.4, 0.5) is 11.6 Å². The van der Waals surface area contributed by atoms with E-state index in [-0.39, 0.29) is 0 Å². The monoisotopic (exact) mass is 391 g/mol. The standard InChI is InChI=1S/C13H18IN3O3/c14-10-5-11(15-7-13(18)8-20-9-13)16-12(6-10)17-1-3-19-4-2-17/h5-6,18H,1-4,7-9H2,(H,15,16). The summed E-state index contributed by atoms with van der Waals surface area (Å²) < 4.78 is 11.5. The third-order valence-corrected chi connectivity index (χ3v) is 4.07. The van der Waals surface area contributed by atoms with Gasteiger partial charge in [-0.15, -0.1) is 0 Å². The Labute approximate surface area is 131 Å². The predicted molar refractivity (Wildman–Crippen MR) is 84.2 cm³/mol. The molecule has 3 heterocycles. The van der Waals surface area contributed by atoms with Gasteiger partial charge >= 0.3 is 0 Å². The van der Waals surface area contributed by atoms with Crippen LogP contribution in [0.15, 0.2) is 12.1 Å². The molecule has 6 nitrogen and oxygen atoms in total. The van der Waals surface area contributed by atoms with Gasteiger partial charge in [0.1, 0.15) is 17.2 Å².